The van der Waals surface area contributed by atoms with Crippen LogP contribution in [0.25, 0.3) is 0 Å². The molecule has 2 aromatic carbocycles. The highest BCUT2D eigenvalue weighted by Crippen LogP contribution is 2.23. The molecular formula is C25H26FN3O3. The average Bonchev–Trinajstić information content (AvgIpc) is 3.33. The van der Waals surface area contributed by atoms with Crippen LogP contribution in [-0.4, -0.2) is 29.8 Å². The molecule has 0 bridgehead atoms. The number of carbonyl (C=O) groups excluding carboxylic acids is 2. The van der Waals surface area contributed by atoms with E-state index in [2.05, 4.69) is 15.5 Å². The molecule has 3 aromatic rings. The average molecular weight is 435 g/mol. The summed E-state index contributed by atoms with van der Waals surface area (Å²) in [4.78, 5) is 27.8. The number of furan rings is 1. The van der Waals surface area contributed by atoms with Crippen LogP contribution in [0.4, 0.5) is 10.1 Å². The molecule has 1 aliphatic rings. The summed E-state index contributed by atoms with van der Waals surface area (Å²) < 4.78 is 19.3. The van der Waals surface area contributed by atoms with Crippen LogP contribution < -0.4 is 10.6 Å². The second-order valence-corrected chi connectivity index (χ2v) is 7.96. The summed E-state index contributed by atoms with van der Waals surface area (Å²) in [6.45, 7) is 2.11. The zero-order valence-electron chi connectivity index (χ0n) is 17.7. The number of amides is 2. The van der Waals surface area contributed by atoms with Crippen molar-refractivity contribution in [2.24, 2.45) is 5.92 Å². The maximum Gasteiger partial charge on any atom is 0.253 e. The van der Waals surface area contributed by atoms with E-state index in [0.29, 0.717) is 35.7 Å². The molecule has 166 valence electrons. The van der Waals surface area contributed by atoms with Crippen LogP contribution in [0.5, 0.6) is 0 Å². The van der Waals surface area contributed by atoms with Crippen molar-refractivity contribution >= 4 is 17.5 Å². The van der Waals surface area contributed by atoms with Gasteiger partial charge in [-0.2, -0.15) is 0 Å². The predicted molar refractivity (Wildman–Crippen MR) is 119 cm³/mol. The molecule has 7 heteroatoms. The third-order valence-electron chi connectivity index (χ3n) is 5.66. The Bertz CT molecular complexity index is 1070. The van der Waals surface area contributed by atoms with Gasteiger partial charge in [-0.25, -0.2) is 4.39 Å². The molecule has 1 atom stereocenters. The van der Waals surface area contributed by atoms with Crippen LogP contribution in [0.2, 0.25) is 0 Å². The lowest BCUT2D eigenvalue weighted by Gasteiger charge is -2.32. The van der Waals surface area contributed by atoms with E-state index < -0.39 is 0 Å². The normalized spacial score (nSPS) is 16.5. The molecule has 0 saturated carbocycles. The number of likely N-dealkylation sites (tertiary alicyclic amines) is 1. The van der Waals surface area contributed by atoms with Crippen molar-refractivity contribution in [3.63, 3.8) is 0 Å². The minimum absolute atomic E-state index is 0.130. The number of hydrogen-bond donors (Lipinski definition) is 2. The standard InChI is InChI=1S/C25H26FN3O3/c26-22-11-3-1-7-18(22)16-29-13-5-8-19(17-29)24(30)28-23-12-4-2-10-21(23)25(31)27-15-20-9-6-14-32-20/h1-4,6-7,9-12,14,19H,5,8,13,15-17H2,(H,27,31)(H,28,30). The van der Waals surface area contributed by atoms with Crippen LogP contribution in [0.15, 0.2) is 71.3 Å². The van der Waals surface area contributed by atoms with Gasteiger partial charge in [0.25, 0.3) is 5.91 Å². The molecule has 6 nitrogen and oxygen atoms in total. The largest absolute Gasteiger partial charge is 0.467 e. The molecule has 1 unspecified atom stereocenters. The van der Waals surface area contributed by atoms with Crippen molar-refractivity contribution in [3.05, 3.63) is 89.6 Å². The van der Waals surface area contributed by atoms with Crippen molar-refractivity contribution < 1.29 is 18.4 Å². The van der Waals surface area contributed by atoms with Gasteiger partial charge in [-0.05, 0) is 49.7 Å². The summed E-state index contributed by atoms with van der Waals surface area (Å²) in [7, 11) is 0. The maximum absolute atomic E-state index is 14.0. The molecule has 2 heterocycles. The quantitative estimate of drug-likeness (QED) is 0.583. The molecule has 1 saturated heterocycles. The first-order valence-corrected chi connectivity index (χ1v) is 10.8. The fourth-order valence-corrected chi connectivity index (χ4v) is 3.98. The summed E-state index contributed by atoms with van der Waals surface area (Å²) in [5, 5.41) is 5.73. The number of nitrogens with zero attached hydrogens (tertiary/aromatic N) is 1. The highest BCUT2D eigenvalue weighted by Gasteiger charge is 2.27. The van der Waals surface area contributed by atoms with E-state index in [1.165, 1.54) is 6.07 Å². The van der Waals surface area contributed by atoms with Crippen molar-refractivity contribution in [2.45, 2.75) is 25.9 Å². The highest BCUT2D eigenvalue weighted by molar-refractivity contribution is 6.04. The first kappa shape index (κ1) is 21.8. The second-order valence-electron chi connectivity index (χ2n) is 7.96. The minimum Gasteiger partial charge on any atom is -0.467 e. The Morgan fingerprint density at radius 2 is 1.88 bits per heavy atom. The smallest absolute Gasteiger partial charge is 0.253 e. The van der Waals surface area contributed by atoms with E-state index in [4.69, 9.17) is 4.42 Å². The molecule has 4 rings (SSSR count). The molecule has 0 radical (unpaired) electrons. The Kier molecular flexibility index (Phi) is 6.97. The molecule has 32 heavy (non-hydrogen) atoms. The number of hydrogen-bond acceptors (Lipinski definition) is 4. The van der Waals surface area contributed by atoms with Gasteiger partial charge in [0.2, 0.25) is 5.91 Å². The van der Waals surface area contributed by atoms with Crippen LogP contribution >= 0.6 is 0 Å². The van der Waals surface area contributed by atoms with Gasteiger partial charge in [0.15, 0.2) is 0 Å². The van der Waals surface area contributed by atoms with Gasteiger partial charge >= 0.3 is 0 Å². The van der Waals surface area contributed by atoms with E-state index in [0.717, 1.165) is 19.4 Å². The lowest BCUT2D eigenvalue weighted by atomic mass is 9.96. The summed E-state index contributed by atoms with van der Waals surface area (Å²) in [6, 6.07) is 17.2. The van der Waals surface area contributed by atoms with Gasteiger partial charge in [0.05, 0.1) is 30.0 Å². The number of benzene rings is 2. The van der Waals surface area contributed by atoms with E-state index in [1.54, 1.807) is 54.8 Å². The van der Waals surface area contributed by atoms with Gasteiger partial charge < -0.3 is 15.1 Å². The minimum atomic E-state index is -0.290. The second kappa shape index (κ2) is 10.2. The molecule has 1 aliphatic heterocycles. The molecule has 1 fully saturated rings. The van der Waals surface area contributed by atoms with Crippen LogP contribution in [0, 0.1) is 11.7 Å². The predicted octanol–water partition coefficient (Wildman–Crippen LogP) is 4.20. The monoisotopic (exact) mass is 435 g/mol. The number of para-hydroxylation sites is 1. The third-order valence-corrected chi connectivity index (χ3v) is 5.66. The van der Waals surface area contributed by atoms with E-state index >= 15 is 0 Å². The molecule has 0 aliphatic carbocycles. The molecule has 0 spiro atoms. The van der Waals surface area contributed by atoms with Gasteiger partial charge in [-0.15, -0.1) is 0 Å². The molecule has 1 aromatic heterocycles. The number of carbonyl (C=O) groups is 2. The zero-order chi connectivity index (χ0) is 22.3. The van der Waals surface area contributed by atoms with Crippen molar-refractivity contribution in [3.8, 4) is 0 Å². The molecular weight excluding hydrogens is 409 g/mol. The molecule has 2 amide bonds. The summed E-state index contributed by atoms with van der Waals surface area (Å²) >= 11 is 0. The summed E-state index contributed by atoms with van der Waals surface area (Å²) in [5.41, 5.74) is 1.50. The Morgan fingerprint density at radius 3 is 2.69 bits per heavy atom. The number of piperidine rings is 1. The van der Waals surface area contributed by atoms with Crippen LogP contribution in [0.1, 0.15) is 34.5 Å². The summed E-state index contributed by atoms with van der Waals surface area (Å²) in [5.74, 6) is -0.225. The Labute approximate surface area is 186 Å². The third kappa shape index (κ3) is 5.42. The lowest BCUT2D eigenvalue weighted by Crippen LogP contribution is -2.40. The number of halogens is 1. The maximum atomic E-state index is 14.0. The van der Waals surface area contributed by atoms with Crippen LogP contribution in [0.3, 0.4) is 0 Å². The number of rotatable bonds is 7. The number of nitrogens with one attached hydrogen (secondary N) is 2. The fraction of sp³-hybridized carbons (Fsp3) is 0.280. The first-order valence-electron chi connectivity index (χ1n) is 10.8. The van der Waals surface area contributed by atoms with Gasteiger partial charge in [-0.1, -0.05) is 30.3 Å². The zero-order valence-corrected chi connectivity index (χ0v) is 17.7. The Hall–Kier alpha value is -3.45. The van der Waals surface area contributed by atoms with Crippen molar-refractivity contribution in [2.75, 3.05) is 18.4 Å². The first-order chi connectivity index (χ1) is 15.6. The van der Waals surface area contributed by atoms with Gasteiger partial charge in [-0.3, -0.25) is 14.5 Å². The topological polar surface area (TPSA) is 74.6 Å². The van der Waals surface area contributed by atoms with E-state index in [9.17, 15) is 14.0 Å². The Morgan fingerprint density at radius 1 is 1.06 bits per heavy atom. The van der Waals surface area contributed by atoms with Crippen molar-refractivity contribution in [1.82, 2.24) is 10.2 Å². The SMILES string of the molecule is O=C(NCc1ccco1)c1ccccc1NC(=O)C1CCCN(Cc2ccccc2F)C1. The fourth-order valence-electron chi connectivity index (χ4n) is 3.98. The summed E-state index contributed by atoms with van der Waals surface area (Å²) in [6.07, 6.45) is 3.17. The van der Waals surface area contributed by atoms with E-state index in [-0.39, 0.29) is 30.1 Å². The number of anilines is 1. The van der Waals surface area contributed by atoms with Gasteiger partial charge in [0, 0.05) is 18.7 Å². The lowest BCUT2D eigenvalue weighted by molar-refractivity contribution is -0.121. The Balaban J connectivity index is 1.38. The van der Waals surface area contributed by atoms with Gasteiger partial charge in [0.1, 0.15) is 11.6 Å². The van der Waals surface area contributed by atoms with Crippen LogP contribution in [-0.2, 0) is 17.9 Å². The van der Waals surface area contributed by atoms with E-state index in [1.807, 2.05) is 6.07 Å². The van der Waals surface area contributed by atoms with Crippen molar-refractivity contribution in [1.29, 1.82) is 0 Å². The molecule has 2 N–H and O–H groups in total. The highest BCUT2D eigenvalue weighted by atomic mass is 19.1.